The minimum atomic E-state index is -4.72. The number of phosphoric acid groups is 1. The van der Waals surface area contributed by atoms with Crippen molar-refractivity contribution in [1.82, 2.24) is 5.32 Å². The predicted octanol–water partition coefficient (Wildman–Crippen LogP) is 17.2. The molecule has 0 rings (SSSR count). The standard InChI is InChI=1S/C62H111N2O7P/c1-7-10-13-16-19-22-25-28-30-31-32-33-34-36-39-42-45-48-51-54-61(65)63-59(58-70-72(67,68)69-57-56-64(4,5)6)60(53-50-47-44-41-38-35-27-24-21-18-15-12-9-3)71-62(66)55-52-49-46-43-40-37-29-26-23-20-17-14-11-8-2/h10,13,19,22,28,30,32-33,36,39,45,48,50,53,59-60H,7-9,11-12,14-18,20-21,23-27,29,31,34-35,37-38,40-44,46-47,49,51-52,54-58H2,1-6H3,(H-,63,65,67,68)/b13-10-,22-19-,30-28-,33-32-,39-36-,48-45-,53-50-. The van der Waals surface area contributed by atoms with E-state index < -0.39 is 26.6 Å². The van der Waals surface area contributed by atoms with Gasteiger partial charge < -0.3 is 28.5 Å². The summed E-state index contributed by atoms with van der Waals surface area (Å²) in [6, 6.07) is -0.930. The molecule has 0 aliphatic rings. The van der Waals surface area contributed by atoms with Gasteiger partial charge in [-0.15, -0.1) is 0 Å². The summed E-state index contributed by atoms with van der Waals surface area (Å²) in [5.41, 5.74) is 0. The number of allylic oxidation sites excluding steroid dienone is 13. The molecule has 0 bridgehead atoms. The lowest BCUT2D eigenvalue weighted by Crippen LogP contribution is -2.47. The van der Waals surface area contributed by atoms with Crippen molar-refractivity contribution in [2.75, 3.05) is 40.9 Å². The molecule has 416 valence electrons. The van der Waals surface area contributed by atoms with E-state index in [1.54, 1.807) is 0 Å². The molecule has 0 heterocycles. The summed E-state index contributed by atoms with van der Waals surface area (Å²) >= 11 is 0. The van der Waals surface area contributed by atoms with Gasteiger partial charge in [0.25, 0.3) is 7.82 Å². The van der Waals surface area contributed by atoms with Gasteiger partial charge in [-0.1, -0.05) is 247 Å². The van der Waals surface area contributed by atoms with Crippen molar-refractivity contribution in [3.05, 3.63) is 85.1 Å². The highest BCUT2D eigenvalue weighted by Gasteiger charge is 2.27. The van der Waals surface area contributed by atoms with E-state index in [1.807, 2.05) is 45.4 Å². The second-order valence-electron chi connectivity index (χ2n) is 20.8. The SMILES string of the molecule is CC/C=C\C/C=C\C/C=C\C/C=C\C/C=C\C/C=C\CCC(=O)NC(COP(=O)([O-])OCC[N+](C)(C)C)C(/C=C\CCCCCCCCCCCCC)OC(=O)CCCCCCCCCCCCCCCC. The number of amides is 1. The van der Waals surface area contributed by atoms with Gasteiger partial charge in [0.2, 0.25) is 5.91 Å². The molecule has 3 atom stereocenters. The van der Waals surface area contributed by atoms with Crippen LogP contribution in [0, 0.1) is 0 Å². The highest BCUT2D eigenvalue weighted by atomic mass is 31.2. The van der Waals surface area contributed by atoms with Crippen LogP contribution >= 0.6 is 7.82 Å². The zero-order valence-corrected chi connectivity index (χ0v) is 48.3. The molecule has 0 radical (unpaired) electrons. The summed E-state index contributed by atoms with van der Waals surface area (Å²) < 4.78 is 30.2. The number of rotatable bonds is 52. The van der Waals surface area contributed by atoms with E-state index in [1.165, 1.54) is 128 Å². The van der Waals surface area contributed by atoms with Gasteiger partial charge >= 0.3 is 5.97 Å². The Kier molecular flexibility index (Phi) is 49.6. The summed E-state index contributed by atoms with van der Waals surface area (Å²) in [6.45, 7) is 6.67. The molecule has 0 saturated heterocycles. The first-order chi connectivity index (χ1) is 34.9. The van der Waals surface area contributed by atoms with Crippen LogP contribution in [0.4, 0.5) is 0 Å². The Bertz CT molecular complexity index is 1510. The lowest BCUT2D eigenvalue weighted by Gasteiger charge is -2.30. The van der Waals surface area contributed by atoms with Crippen LogP contribution in [0.5, 0.6) is 0 Å². The number of hydrogen-bond acceptors (Lipinski definition) is 7. The molecule has 0 aromatic rings. The fourth-order valence-electron chi connectivity index (χ4n) is 8.07. The number of phosphoric ester groups is 1. The number of esters is 1. The van der Waals surface area contributed by atoms with Gasteiger partial charge in [-0.2, -0.15) is 0 Å². The van der Waals surface area contributed by atoms with Crippen molar-refractivity contribution in [2.45, 2.75) is 258 Å². The van der Waals surface area contributed by atoms with Crippen LogP contribution in [-0.4, -0.2) is 69.4 Å². The molecule has 9 nitrogen and oxygen atoms in total. The van der Waals surface area contributed by atoms with Gasteiger partial charge in [0, 0.05) is 12.8 Å². The van der Waals surface area contributed by atoms with Crippen LogP contribution in [0.25, 0.3) is 0 Å². The van der Waals surface area contributed by atoms with Crippen LogP contribution in [0.1, 0.15) is 245 Å². The van der Waals surface area contributed by atoms with Gasteiger partial charge in [0.1, 0.15) is 19.3 Å². The first-order valence-electron chi connectivity index (χ1n) is 29.4. The van der Waals surface area contributed by atoms with E-state index >= 15 is 0 Å². The third kappa shape index (κ3) is 52.1. The third-order valence-electron chi connectivity index (χ3n) is 12.6. The number of carbonyl (C=O) groups excluding carboxylic acids is 2. The van der Waals surface area contributed by atoms with Crippen molar-refractivity contribution < 1.29 is 37.3 Å². The Morgan fingerprint density at radius 3 is 1.33 bits per heavy atom. The number of quaternary nitrogens is 1. The first kappa shape index (κ1) is 69.2. The zero-order chi connectivity index (χ0) is 52.9. The van der Waals surface area contributed by atoms with Crippen molar-refractivity contribution >= 4 is 19.7 Å². The summed E-state index contributed by atoms with van der Waals surface area (Å²) in [5, 5.41) is 2.97. The molecule has 0 saturated carbocycles. The van der Waals surface area contributed by atoms with E-state index in [-0.39, 0.29) is 31.3 Å². The number of carbonyl (C=O) groups is 2. The number of likely N-dealkylation sites (N-methyl/N-ethyl adjacent to an activating group) is 1. The molecule has 1 N–H and O–H groups in total. The Morgan fingerprint density at radius 1 is 0.500 bits per heavy atom. The van der Waals surface area contributed by atoms with Gasteiger partial charge in [-0.3, -0.25) is 14.2 Å². The maximum atomic E-state index is 13.5. The number of nitrogens with zero attached hydrogens (tertiary/aromatic N) is 1. The molecule has 72 heavy (non-hydrogen) atoms. The Hall–Kier alpha value is -2.81. The quantitative estimate of drug-likeness (QED) is 0.0212. The van der Waals surface area contributed by atoms with Crippen LogP contribution in [0.2, 0.25) is 0 Å². The van der Waals surface area contributed by atoms with E-state index in [9.17, 15) is 19.0 Å². The van der Waals surface area contributed by atoms with Gasteiger partial charge in [0.15, 0.2) is 0 Å². The minimum Gasteiger partial charge on any atom is -0.756 e. The van der Waals surface area contributed by atoms with Crippen molar-refractivity contribution in [2.24, 2.45) is 0 Å². The molecular formula is C62H111N2O7P. The average molecular weight is 1030 g/mol. The molecule has 0 aliphatic heterocycles. The third-order valence-corrected chi connectivity index (χ3v) is 13.6. The Morgan fingerprint density at radius 2 is 0.903 bits per heavy atom. The number of nitrogens with one attached hydrogen (secondary N) is 1. The van der Waals surface area contributed by atoms with E-state index in [0.29, 0.717) is 17.4 Å². The van der Waals surface area contributed by atoms with E-state index in [4.69, 9.17) is 13.8 Å². The van der Waals surface area contributed by atoms with Crippen LogP contribution in [-0.2, 0) is 27.9 Å². The maximum absolute atomic E-state index is 13.5. The van der Waals surface area contributed by atoms with Crippen molar-refractivity contribution in [3.63, 3.8) is 0 Å². The second-order valence-corrected chi connectivity index (χ2v) is 22.2. The number of ether oxygens (including phenoxy) is 1. The fourth-order valence-corrected chi connectivity index (χ4v) is 8.80. The lowest BCUT2D eigenvalue weighted by atomic mass is 10.0. The summed E-state index contributed by atoms with van der Waals surface area (Å²) in [4.78, 5) is 39.8. The van der Waals surface area contributed by atoms with E-state index in [2.05, 4.69) is 86.8 Å². The molecule has 0 fully saturated rings. The smallest absolute Gasteiger partial charge is 0.306 e. The minimum absolute atomic E-state index is 0.0380. The normalized spacial score (nSPS) is 14.4. The van der Waals surface area contributed by atoms with Crippen molar-refractivity contribution in [3.8, 4) is 0 Å². The first-order valence-corrected chi connectivity index (χ1v) is 30.9. The molecule has 3 unspecified atom stereocenters. The molecule has 0 aromatic carbocycles. The summed E-state index contributed by atoms with van der Waals surface area (Å²) in [6.07, 6.45) is 67.0. The highest BCUT2D eigenvalue weighted by Crippen LogP contribution is 2.38. The van der Waals surface area contributed by atoms with Crippen LogP contribution in [0.3, 0.4) is 0 Å². The largest absolute Gasteiger partial charge is 0.756 e. The number of unbranched alkanes of at least 4 members (excludes halogenated alkanes) is 24. The molecule has 1 amide bonds. The van der Waals surface area contributed by atoms with Crippen LogP contribution in [0.15, 0.2) is 85.1 Å². The fraction of sp³-hybridized carbons (Fsp3) is 0.742. The molecular weight excluding hydrogens is 916 g/mol. The average Bonchev–Trinajstić information content (AvgIpc) is 3.34. The van der Waals surface area contributed by atoms with Crippen LogP contribution < -0.4 is 10.2 Å². The molecule has 10 heteroatoms. The van der Waals surface area contributed by atoms with Gasteiger partial charge in [-0.05, 0) is 70.3 Å². The topological polar surface area (TPSA) is 114 Å². The predicted molar refractivity (Wildman–Crippen MR) is 307 cm³/mol. The summed E-state index contributed by atoms with van der Waals surface area (Å²) in [5.74, 6) is -0.637. The monoisotopic (exact) mass is 1030 g/mol. The Labute approximate surface area is 444 Å². The number of hydrogen-bond donors (Lipinski definition) is 1. The van der Waals surface area contributed by atoms with Gasteiger partial charge in [0.05, 0.1) is 33.8 Å². The lowest BCUT2D eigenvalue weighted by molar-refractivity contribution is -0.870. The molecule has 0 aromatic heterocycles. The zero-order valence-electron chi connectivity index (χ0n) is 47.4. The molecule has 0 aliphatic carbocycles. The van der Waals surface area contributed by atoms with Crippen molar-refractivity contribution in [1.29, 1.82) is 0 Å². The van der Waals surface area contributed by atoms with Gasteiger partial charge in [-0.25, -0.2) is 0 Å². The second kappa shape index (κ2) is 51.7. The summed E-state index contributed by atoms with van der Waals surface area (Å²) in [7, 11) is 1.13. The highest BCUT2D eigenvalue weighted by molar-refractivity contribution is 7.45. The maximum Gasteiger partial charge on any atom is 0.306 e. The molecule has 0 spiro atoms. The van der Waals surface area contributed by atoms with E-state index in [0.717, 1.165) is 77.0 Å². The Balaban J connectivity index is 5.46.